The molecular formula is C7H8ClN5. The Morgan fingerprint density at radius 2 is 1.92 bits per heavy atom. The molecule has 0 amide bonds. The first-order valence-corrected chi connectivity index (χ1v) is 3.50. The van der Waals surface area contributed by atoms with Crippen molar-refractivity contribution in [1.82, 2.24) is 20.3 Å². The maximum absolute atomic E-state index is 3.79. The second kappa shape index (κ2) is 4.42. The van der Waals surface area contributed by atoms with E-state index in [1.165, 1.54) is 11.2 Å². The molecule has 0 spiro atoms. The third-order valence-electron chi connectivity index (χ3n) is 1.35. The second-order valence-corrected chi connectivity index (χ2v) is 2.20. The zero-order valence-electron chi connectivity index (χ0n) is 6.66. The van der Waals surface area contributed by atoms with Gasteiger partial charge >= 0.3 is 0 Å². The van der Waals surface area contributed by atoms with E-state index >= 15 is 0 Å². The summed E-state index contributed by atoms with van der Waals surface area (Å²) in [5, 5.41) is 11.0. The second-order valence-electron chi connectivity index (χ2n) is 2.20. The normalized spacial score (nSPS) is 8.92. The lowest BCUT2D eigenvalue weighted by molar-refractivity contribution is 0.660. The van der Waals surface area contributed by atoms with Crippen LogP contribution in [0, 0.1) is 0 Å². The van der Waals surface area contributed by atoms with Gasteiger partial charge < -0.3 is 0 Å². The van der Waals surface area contributed by atoms with E-state index in [-0.39, 0.29) is 12.4 Å². The van der Waals surface area contributed by atoms with E-state index in [1.54, 1.807) is 0 Å². The molecule has 6 heteroatoms. The van der Waals surface area contributed by atoms with E-state index in [0.717, 1.165) is 5.69 Å². The zero-order valence-corrected chi connectivity index (χ0v) is 7.48. The van der Waals surface area contributed by atoms with Crippen LogP contribution in [0.3, 0.4) is 0 Å². The molecule has 2 rings (SSSR count). The minimum absolute atomic E-state index is 0. The number of nitrogens with zero attached hydrogens (tertiary/aromatic N) is 4. The molecule has 0 saturated heterocycles. The summed E-state index contributed by atoms with van der Waals surface area (Å²) in [4.78, 5) is 1.30. The van der Waals surface area contributed by atoms with Gasteiger partial charge in [-0.3, -0.25) is 5.43 Å². The Bertz CT molecular complexity index is 333. The fraction of sp³-hybridized carbons (Fsp3) is 0. The first-order valence-electron chi connectivity index (χ1n) is 3.50. The first-order chi connectivity index (χ1) is 5.95. The highest BCUT2D eigenvalue weighted by atomic mass is 35.5. The number of benzene rings is 1. The minimum atomic E-state index is 0. The molecule has 1 heterocycles. The summed E-state index contributed by atoms with van der Waals surface area (Å²) in [5.41, 5.74) is 3.84. The fourth-order valence-electron chi connectivity index (χ4n) is 0.846. The largest absolute Gasteiger partial charge is 0.260 e. The molecule has 0 saturated carbocycles. The number of hydrogen-bond acceptors (Lipinski definition) is 4. The molecule has 0 aliphatic rings. The summed E-state index contributed by atoms with van der Waals surface area (Å²) < 4.78 is 0. The van der Waals surface area contributed by atoms with E-state index in [4.69, 9.17) is 0 Å². The predicted molar refractivity (Wildman–Crippen MR) is 50.5 cm³/mol. The van der Waals surface area contributed by atoms with Crippen LogP contribution in [0.15, 0.2) is 36.7 Å². The molecule has 0 aliphatic carbocycles. The number of tetrazole rings is 1. The first kappa shape index (κ1) is 9.47. The molecule has 1 N–H and O–H groups in total. The SMILES string of the molecule is Cl.c1ccc(Nn2ncnn2)cc1. The summed E-state index contributed by atoms with van der Waals surface area (Å²) in [7, 11) is 0. The monoisotopic (exact) mass is 197 g/mol. The highest BCUT2D eigenvalue weighted by Crippen LogP contribution is 2.03. The van der Waals surface area contributed by atoms with Gasteiger partial charge in [0, 0.05) is 0 Å². The van der Waals surface area contributed by atoms with Gasteiger partial charge in [-0.25, -0.2) is 0 Å². The van der Waals surface area contributed by atoms with Crippen molar-refractivity contribution in [2.24, 2.45) is 0 Å². The van der Waals surface area contributed by atoms with E-state index in [2.05, 4.69) is 20.8 Å². The van der Waals surface area contributed by atoms with Crippen LogP contribution >= 0.6 is 12.4 Å². The van der Waals surface area contributed by atoms with Gasteiger partial charge in [-0.2, -0.15) is 0 Å². The van der Waals surface area contributed by atoms with Crippen LogP contribution in [0.4, 0.5) is 5.69 Å². The topological polar surface area (TPSA) is 55.6 Å². The van der Waals surface area contributed by atoms with Gasteiger partial charge in [-0.1, -0.05) is 23.1 Å². The third-order valence-corrected chi connectivity index (χ3v) is 1.35. The third kappa shape index (κ3) is 2.41. The lowest BCUT2D eigenvalue weighted by atomic mass is 10.3. The van der Waals surface area contributed by atoms with Crippen LogP contribution in [-0.4, -0.2) is 20.3 Å². The van der Waals surface area contributed by atoms with Crippen LogP contribution in [0.5, 0.6) is 0 Å². The number of para-hydroxylation sites is 1. The van der Waals surface area contributed by atoms with Crippen LogP contribution in [0.2, 0.25) is 0 Å². The van der Waals surface area contributed by atoms with Crippen LogP contribution in [0.25, 0.3) is 0 Å². The van der Waals surface area contributed by atoms with Gasteiger partial charge in [0.05, 0.1) is 5.69 Å². The summed E-state index contributed by atoms with van der Waals surface area (Å²) in [6, 6.07) is 9.64. The van der Waals surface area contributed by atoms with Gasteiger partial charge in [-0.05, 0) is 17.3 Å². The molecule has 1 aromatic heterocycles. The van der Waals surface area contributed by atoms with Crippen LogP contribution < -0.4 is 5.43 Å². The van der Waals surface area contributed by atoms with Crippen LogP contribution in [-0.2, 0) is 0 Å². The molecule has 0 fully saturated rings. The van der Waals surface area contributed by atoms with E-state index < -0.39 is 0 Å². The summed E-state index contributed by atoms with van der Waals surface area (Å²) in [5.74, 6) is 0. The smallest absolute Gasteiger partial charge is 0.164 e. The van der Waals surface area contributed by atoms with E-state index in [0.29, 0.717) is 0 Å². The average Bonchev–Trinajstić information content (AvgIpc) is 2.59. The molecule has 0 aliphatic heterocycles. The number of halogens is 1. The quantitative estimate of drug-likeness (QED) is 0.780. The molecule has 0 radical (unpaired) electrons. The highest BCUT2D eigenvalue weighted by Gasteiger charge is 1.90. The van der Waals surface area contributed by atoms with Crippen molar-refractivity contribution in [2.45, 2.75) is 0 Å². The maximum atomic E-state index is 3.79. The van der Waals surface area contributed by atoms with Crippen LogP contribution in [0.1, 0.15) is 0 Å². The molecular weight excluding hydrogens is 190 g/mol. The summed E-state index contributed by atoms with van der Waals surface area (Å²) in [6.07, 6.45) is 1.37. The number of anilines is 1. The molecule has 2 aromatic rings. The van der Waals surface area contributed by atoms with Gasteiger partial charge in [-0.15, -0.1) is 22.6 Å². The number of aromatic nitrogens is 4. The molecule has 0 unspecified atom stereocenters. The van der Waals surface area contributed by atoms with Crippen molar-refractivity contribution in [3.05, 3.63) is 36.7 Å². The Kier molecular flexibility index (Phi) is 3.22. The molecule has 0 atom stereocenters. The van der Waals surface area contributed by atoms with Crippen molar-refractivity contribution in [1.29, 1.82) is 0 Å². The molecule has 13 heavy (non-hydrogen) atoms. The molecule has 1 aromatic carbocycles. The van der Waals surface area contributed by atoms with Gasteiger partial charge in [0.2, 0.25) is 0 Å². The Hall–Kier alpha value is -1.62. The number of rotatable bonds is 2. The van der Waals surface area contributed by atoms with Gasteiger partial charge in [0.25, 0.3) is 0 Å². The predicted octanol–water partition coefficient (Wildman–Crippen LogP) is 0.970. The fourth-order valence-corrected chi connectivity index (χ4v) is 0.846. The maximum Gasteiger partial charge on any atom is 0.164 e. The summed E-state index contributed by atoms with van der Waals surface area (Å²) >= 11 is 0. The van der Waals surface area contributed by atoms with Crippen molar-refractivity contribution in [2.75, 3.05) is 5.43 Å². The summed E-state index contributed by atoms with van der Waals surface area (Å²) in [6.45, 7) is 0. The average molecular weight is 198 g/mol. The lowest BCUT2D eigenvalue weighted by Crippen LogP contribution is -2.12. The van der Waals surface area contributed by atoms with Crippen molar-refractivity contribution in [3.63, 3.8) is 0 Å². The standard InChI is InChI=1S/C7H7N5.ClH/c1-2-4-7(5-3-1)10-12-9-6-8-11-12;/h1-6,10H;1H. The van der Waals surface area contributed by atoms with Crippen molar-refractivity contribution < 1.29 is 0 Å². The van der Waals surface area contributed by atoms with E-state index in [1.807, 2.05) is 30.3 Å². The Morgan fingerprint density at radius 3 is 2.54 bits per heavy atom. The van der Waals surface area contributed by atoms with Gasteiger partial charge in [0.15, 0.2) is 6.33 Å². The Labute approximate surface area is 81.1 Å². The van der Waals surface area contributed by atoms with E-state index in [9.17, 15) is 0 Å². The zero-order chi connectivity index (χ0) is 8.23. The van der Waals surface area contributed by atoms with Crippen molar-refractivity contribution in [3.8, 4) is 0 Å². The Balaban J connectivity index is 0.000000845. The Morgan fingerprint density at radius 1 is 1.15 bits per heavy atom. The number of nitrogens with one attached hydrogen (secondary N) is 1. The lowest BCUT2D eigenvalue weighted by Gasteiger charge is -2.00. The molecule has 0 bridgehead atoms. The van der Waals surface area contributed by atoms with Crippen molar-refractivity contribution >= 4 is 18.1 Å². The molecule has 68 valence electrons. The number of hydrogen-bond donors (Lipinski definition) is 1. The highest BCUT2D eigenvalue weighted by molar-refractivity contribution is 5.85. The minimum Gasteiger partial charge on any atom is -0.260 e. The van der Waals surface area contributed by atoms with Gasteiger partial charge in [0.1, 0.15) is 0 Å². The molecule has 5 nitrogen and oxygen atoms in total.